The molecular weight excluding hydrogens is 508 g/mol. The Balaban J connectivity index is 1.48. The first-order chi connectivity index (χ1) is 19.0. The molecule has 1 unspecified atom stereocenters. The number of amides is 3. The summed E-state index contributed by atoms with van der Waals surface area (Å²) in [6.07, 6.45) is 4.66. The van der Waals surface area contributed by atoms with Crippen LogP contribution in [0.3, 0.4) is 0 Å². The van der Waals surface area contributed by atoms with Gasteiger partial charge >= 0.3 is 6.03 Å². The summed E-state index contributed by atoms with van der Waals surface area (Å²) in [5, 5.41) is 3.62. The van der Waals surface area contributed by atoms with Gasteiger partial charge in [-0.1, -0.05) is 68.3 Å². The number of hydrogen-bond donors (Lipinski definition) is 1. The van der Waals surface area contributed by atoms with Crippen molar-refractivity contribution in [2.45, 2.75) is 39.2 Å². The van der Waals surface area contributed by atoms with Crippen molar-refractivity contribution in [3.05, 3.63) is 113 Å². The average Bonchev–Trinajstić information content (AvgIpc) is 3.45. The maximum Gasteiger partial charge on any atom is 0.322 e. The van der Waals surface area contributed by atoms with Gasteiger partial charge < -0.3 is 14.8 Å². The van der Waals surface area contributed by atoms with E-state index in [1.165, 1.54) is 5.56 Å². The van der Waals surface area contributed by atoms with Crippen LogP contribution in [0.5, 0.6) is 0 Å². The third kappa shape index (κ3) is 5.57. The van der Waals surface area contributed by atoms with Gasteiger partial charge in [0.15, 0.2) is 0 Å². The van der Waals surface area contributed by atoms with Crippen LogP contribution < -0.4 is 10.2 Å². The minimum atomic E-state index is -0.364. The van der Waals surface area contributed by atoms with E-state index < -0.39 is 0 Å². The van der Waals surface area contributed by atoms with Crippen molar-refractivity contribution in [1.29, 1.82) is 0 Å². The first-order valence-corrected chi connectivity index (χ1v) is 13.9. The van der Waals surface area contributed by atoms with Gasteiger partial charge in [-0.05, 0) is 72.5 Å². The molecule has 1 atom stereocenters. The summed E-state index contributed by atoms with van der Waals surface area (Å²) in [6, 6.07) is 26.7. The Morgan fingerprint density at radius 3 is 2.31 bits per heavy atom. The lowest BCUT2D eigenvalue weighted by molar-refractivity contribution is -0.119. The molecule has 0 spiro atoms. The van der Waals surface area contributed by atoms with Crippen LogP contribution in [0.25, 0.3) is 5.69 Å². The quantitative estimate of drug-likeness (QED) is 0.252. The van der Waals surface area contributed by atoms with Crippen LogP contribution in [0.2, 0.25) is 5.02 Å². The number of unbranched alkanes of at least 4 members (excludes halogenated alkanes) is 1. The topological polar surface area (TPSA) is 57.6 Å². The van der Waals surface area contributed by atoms with E-state index in [-0.39, 0.29) is 24.5 Å². The second-order valence-electron chi connectivity index (χ2n) is 9.77. The third-order valence-corrected chi connectivity index (χ3v) is 7.43. The Labute approximate surface area is 234 Å². The molecule has 0 aliphatic carbocycles. The molecule has 1 aromatic heterocycles. The summed E-state index contributed by atoms with van der Waals surface area (Å²) in [6.45, 7) is 4.61. The molecule has 1 aliphatic rings. The summed E-state index contributed by atoms with van der Waals surface area (Å²) in [7, 11) is 0. The van der Waals surface area contributed by atoms with Crippen LogP contribution in [0, 0.1) is 0 Å². The van der Waals surface area contributed by atoms with E-state index in [1.54, 1.807) is 4.90 Å². The molecule has 5 rings (SSSR count). The molecule has 200 valence electrons. The normalized spacial score (nSPS) is 13.9. The highest BCUT2D eigenvalue weighted by Gasteiger charge is 2.37. The van der Waals surface area contributed by atoms with Crippen molar-refractivity contribution < 1.29 is 9.59 Å². The summed E-state index contributed by atoms with van der Waals surface area (Å²) >= 11 is 6.21. The van der Waals surface area contributed by atoms with Crippen molar-refractivity contribution in [2.24, 2.45) is 0 Å². The van der Waals surface area contributed by atoms with Crippen LogP contribution in [0.1, 0.15) is 49.6 Å². The van der Waals surface area contributed by atoms with Gasteiger partial charge in [0.2, 0.25) is 5.91 Å². The number of aromatic nitrogens is 1. The number of halogens is 1. The fraction of sp³-hybridized carbons (Fsp3) is 0.250. The SMILES string of the molecule is CCCCN(CC(=O)N1c2ccccc2-n2cccc2C1c1ccc(Cl)cc1)C(=O)Nc1ccc(CC)cc1. The van der Waals surface area contributed by atoms with Crippen molar-refractivity contribution in [1.82, 2.24) is 9.47 Å². The fourth-order valence-electron chi connectivity index (χ4n) is 5.09. The molecule has 0 radical (unpaired) electrons. The predicted molar refractivity (Wildman–Crippen MR) is 158 cm³/mol. The van der Waals surface area contributed by atoms with E-state index in [0.717, 1.165) is 41.9 Å². The average molecular weight is 541 g/mol. The summed E-state index contributed by atoms with van der Waals surface area (Å²) in [5.74, 6) is -0.151. The molecule has 2 heterocycles. The minimum absolute atomic E-state index is 0.0436. The number of urea groups is 1. The van der Waals surface area contributed by atoms with E-state index >= 15 is 0 Å². The number of anilines is 2. The molecule has 0 saturated heterocycles. The first kappa shape index (κ1) is 26.6. The standard InChI is InChI=1S/C32H33ClN4O2/c1-3-5-20-35(32(39)34-26-18-12-23(4-2)13-19-26)22-30(38)37-28-10-7-6-9-27(28)36-21-8-11-29(36)31(37)24-14-16-25(33)17-15-24/h6-19,21,31H,3-5,20,22H2,1-2H3,(H,34,39). The van der Waals surface area contributed by atoms with Crippen LogP contribution in [-0.4, -0.2) is 34.5 Å². The van der Waals surface area contributed by atoms with Crippen LogP contribution in [0.4, 0.5) is 16.2 Å². The second kappa shape index (κ2) is 11.8. The number of nitrogens with zero attached hydrogens (tertiary/aromatic N) is 3. The zero-order valence-electron chi connectivity index (χ0n) is 22.3. The van der Waals surface area contributed by atoms with Gasteiger partial charge in [-0.3, -0.25) is 9.69 Å². The molecule has 0 bridgehead atoms. The van der Waals surface area contributed by atoms with Gasteiger partial charge in [0, 0.05) is 23.5 Å². The largest absolute Gasteiger partial charge is 0.322 e. The second-order valence-corrected chi connectivity index (χ2v) is 10.2. The lowest BCUT2D eigenvalue weighted by Crippen LogP contribution is -2.48. The molecule has 6 nitrogen and oxygen atoms in total. The van der Waals surface area contributed by atoms with Crippen molar-refractivity contribution >= 4 is 34.9 Å². The Kier molecular flexibility index (Phi) is 8.03. The van der Waals surface area contributed by atoms with E-state index in [4.69, 9.17) is 11.6 Å². The van der Waals surface area contributed by atoms with Gasteiger partial charge in [0.05, 0.1) is 17.1 Å². The minimum Gasteiger partial charge on any atom is -0.316 e. The monoisotopic (exact) mass is 540 g/mol. The Morgan fingerprint density at radius 1 is 0.897 bits per heavy atom. The fourth-order valence-corrected chi connectivity index (χ4v) is 5.22. The third-order valence-electron chi connectivity index (χ3n) is 7.18. The molecule has 3 amide bonds. The van der Waals surface area contributed by atoms with Gasteiger partial charge in [0.1, 0.15) is 12.6 Å². The van der Waals surface area contributed by atoms with E-state index in [9.17, 15) is 9.59 Å². The van der Waals surface area contributed by atoms with Crippen LogP contribution >= 0.6 is 11.6 Å². The van der Waals surface area contributed by atoms with Gasteiger partial charge in [-0.2, -0.15) is 0 Å². The van der Waals surface area contributed by atoms with Gasteiger partial charge in [0.25, 0.3) is 0 Å². The highest BCUT2D eigenvalue weighted by atomic mass is 35.5. The molecule has 1 N–H and O–H groups in total. The number of benzene rings is 3. The number of aryl methyl sites for hydroxylation is 1. The Morgan fingerprint density at radius 2 is 1.62 bits per heavy atom. The first-order valence-electron chi connectivity index (χ1n) is 13.5. The molecule has 3 aromatic carbocycles. The van der Waals surface area contributed by atoms with Crippen LogP contribution in [-0.2, 0) is 11.2 Å². The molecule has 4 aromatic rings. The zero-order valence-corrected chi connectivity index (χ0v) is 23.1. The van der Waals surface area contributed by atoms with Crippen molar-refractivity contribution in [3.8, 4) is 5.69 Å². The number of para-hydroxylation sites is 2. The van der Waals surface area contributed by atoms with E-state index in [2.05, 4.69) is 23.7 Å². The number of nitrogens with one attached hydrogen (secondary N) is 1. The van der Waals surface area contributed by atoms with E-state index in [1.807, 2.05) is 96.0 Å². The smallest absolute Gasteiger partial charge is 0.316 e. The molecular formula is C32H33ClN4O2. The number of carbonyl (C=O) groups excluding carboxylic acids is 2. The maximum absolute atomic E-state index is 14.2. The summed E-state index contributed by atoms with van der Waals surface area (Å²) in [5.41, 5.74) is 5.57. The summed E-state index contributed by atoms with van der Waals surface area (Å²) < 4.78 is 2.12. The van der Waals surface area contributed by atoms with Gasteiger partial charge in [-0.25, -0.2) is 4.79 Å². The number of fused-ring (bicyclic) bond motifs is 3. The summed E-state index contributed by atoms with van der Waals surface area (Å²) in [4.78, 5) is 31.1. The van der Waals surface area contributed by atoms with Crippen molar-refractivity contribution in [3.63, 3.8) is 0 Å². The highest BCUT2D eigenvalue weighted by Crippen LogP contribution is 2.42. The maximum atomic E-state index is 14.2. The van der Waals surface area contributed by atoms with Crippen LogP contribution in [0.15, 0.2) is 91.1 Å². The molecule has 39 heavy (non-hydrogen) atoms. The Hall–Kier alpha value is -4.03. The number of rotatable bonds is 8. The lowest BCUT2D eigenvalue weighted by Gasteiger charge is -2.39. The van der Waals surface area contributed by atoms with Crippen molar-refractivity contribution in [2.75, 3.05) is 23.3 Å². The lowest BCUT2D eigenvalue weighted by atomic mass is 9.97. The molecule has 7 heteroatoms. The number of carbonyl (C=O) groups is 2. The highest BCUT2D eigenvalue weighted by molar-refractivity contribution is 6.30. The molecule has 1 aliphatic heterocycles. The zero-order chi connectivity index (χ0) is 27.4. The molecule has 0 fully saturated rings. The number of hydrogen-bond acceptors (Lipinski definition) is 2. The van der Waals surface area contributed by atoms with Gasteiger partial charge in [-0.15, -0.1) is 0 Å². The van der Waals surface area contributed by atoms with E-state index in [0.29, 0.717) is 17.3 Å². The molecule has 0 saturated carbocycles. The Bertz CT molecular complexity index is 1450. The predicted octanol–water partition coefficient (Wildman–Crippen LogP) is 7.46.